The van der Waals surface area contributed by atoms with Gasteiger partial charge >= 0.3 is 6.01 Å². The van der Waals surface area contributed by atoms with Crippen LogP contribution in [0.5, 0.6) is 0 Å². The Kier molecular flexibility index (Phi) is 5.65. The van der Waals surface area contributed by atoms with Crippen LogP contribution in [0.15, 0.2) is 4.42 Å². The topological polar surface area (TPSA) is 72.2 Å². The van der Waals surface area contributed by atoms with E-state index < -0.39 is 13.0 Å². The van der Waals surface area contributed by atoms with Gasteiger partial charge in [-0.3, -0.25) is 0 Å². The minimum absolute atomic E-state index is 0.00356. The van der Waals surface area contributed by atoms with Crippen molar-refractivity contribution in [3.05, 3.63) is 5.89 Å². The van der Waals surface area contributed by atoms with E-state index in [0.717, 1.165) is 0 Å². The van der Waals surface area contributed by atoms with Gasteiger partial charge < -0.3 is 19.8 Å². The summed E-state index contributed by atoms with van der Waals surface area (Å²) in [5.41, 5.74) is 0. The van der Waals surface area contributed by atoms with Gasteiger partial charge in [-0.15, -0.1) is 5.10 Å². The average molecular weight is 236 g/mol. The van der Waals surface area contributed by atoms with Crippen LogP contribution in [-0.2, 0) is 11.3 Å². The molecule has 1 heterocycles. The van der Waals surface area contributed by atoms with E-state index in [9.17, 15) is 8.78 Å². The highest BCUT2D eigenvalue weighted by Crippen LogP contribution is 2.05. The van der Waals surface area contributed by atoms with E-state index in [1.54, 1.807) is 7.11 Å². The fraction of sp³-hybridized carbons (Fsp3) is 0.750. The summed E-state index contributed by atoms with van der Waals surface area (Å²) in [6.07, 6.45) is -2.45. The minimum Gasteiger partial charge on any atom is -0.407 e. The van der Waals surface area contributed by atoms with Gasteiger partial charge in [-0.25, -0.2) is 8.78 Å². The first-order valence-corrected chi connectivity index (χ1v) is 4.76. The van der Waals surface area contributed by atoms with Crippen molar-refractivity contribution in [1.82, 2.24) is 15.5 Å². The third-order valence-electron chi connectivity index (χ3n) is 1.63. The van der Waals surface area contributed by atoms with E-state index in [4.69, 9.17) is 9.15 Å². The van der Waals surface area contributed by atoms with Gasteiger partial charge in [-0.1, -0.05) is 5.10 Å². The van der Waals surface area contributed by atoms with E-state index in [0.29, 0.717) is 25.6 Å². The fourth-order valence-corrected chi connectivity index (χ4v) is 0.930. The molecule has 0 saturated heterocycles. The number of hydrogen-bond acceptors (Lipinski definition) is 6. The van der Waals surface area contributed by atoms with Crippen LogP contribution < -0.4 is 10.6 Å². The van der Waals surface area contributed by atoms with Crippen molar-refractivity contribution in [3.8, 4) is 0 Å². The van der Waals surface area contributed by atoms with Crippen LogP contribution in [0, 0.1) is 0 Å². The Labute approximate surface area is 91.4 Å². The molecule has 0 aliphatic rings. The SMILES string of the molecule is COCCNCc1nnc(NCC(F)F)o1. The number of nitrogens with zero attached hydrogens (tertiary/aromatic N) is 2. The Bertz CT molecular complexity index is 295. The number of anilines is 1. The molecule has 0 aliphatic carbocycles. The molecule has 1 rings (SSSR count). The largest absolute Gasteiger partial charge is 0.407 e. The van der Waals surface area contributed by atoms with Crippen molar-refractivity contribution in [2.45, 2.75) is 13.0 Å². The Morgan fingerprint density at radius 1 is 1.44 bits per heavy atom. The predicted octanol–water partition coefficient (Wildman–Crippen LogP) is 0.483. The van der Waals surface area contributed by atoms with Crippen molar-refractivity contribution < 1.29 is 17.9 Å². The summed E-state index contributed by atoms with van der Waals surface area (Å²) in [5.74, 6) is 0.341. The second-order valence-corrected chi connectivity index (χ2v) is 2.94. The van der Waals surface area contributed by atoms with E-state index in [-0.39, 0.29) is 6.01 Å². The number of rotatable bonds is 8. The Morgan fingerprint density at radius 3 is 2.94 bits per heavy atom. The fourth-order valence-electron chi connectivity index (χ4n) is 0.930. The molecule has 92 valence electrons. The highest BCUT2D eigenvalue weighted by atomic mass is 19.3. The highest BCUT2D eigenvalue weighted by Gasteiger charge is 2.07. The van der Waals surface area contributed by atoms with Gasteiger partial charge in [0.1, 0.15) is 0 Å². The van der Waals surface area contributed by atoms with Crippen LogP contribution >= 0.6 is 0 Å². The molecule has 16 heavy (non-hydrogen) atoms. The number of ether oxygens (including phenoxy) is 1. The molecule has 0 bridgehead atoms. The van der Waals surface area contributed by atoms with Crippen molar-refractivity contribution in [2.75, 3.05) is 32.1 Å². The molecule has 8 heteroatoms. The maximum atomic E-state index is 11.8. The third kappa shape index (κ3) is 4.99. The lowest BCUT2D eigenvalue weighted by molar-refractivity contribution is 0.162. The molecule has 1 aromatic rings. The van der Waals surface area contributed by atoms with Crippen molar-refractivity contribution in [1.29, 1.82) is 0 Å². The molecule has 0 radical (unpaired) electrons. The van der Waals surface area contributed by atoms with Crippen molar-refractivity contribution in [2.24, 2.45) is 0 Å². The van der Waals surface area contributed by atoms with E-state index in [1.165, 1.54) is 0 Å². The van der Waals surface area contributed by atoms with E-state index in [1.807, 2.05) is 0 Å². The zero-order valence-electron chi connectivity index (χ0n) is 8.87. The molecule has 0 unspecified atom stereocenters. The molecule has 0 aliphatic heterocycles. The number of aromatic nitrogens is 2. The molecule has 0 amide bonds. The van der Waals surface area contributed by atoms with Gasteiger partial charge in [0.15, 0.2) is 0 Å². The second kappa shape index (κ2) is 7.07. The van der Waals surface area contributed by atoms with Gasteiger partial charge in [0, 0.05) is 13.7 Å². The monoisotopic (exact) mass is 236 g/mol. The van der Waals surface area contributed by atoms with Crippen LogP contribution in [-0.4, -0.2) is 43.4 Å². The van der Waals surface area contributed by atoms with E-state index in [2.05, 4.69) is 20.8 Å². The summed E-state index contributed by atoms with van der Waals surface area (Å²) in [6, 6.07) is 0.00356. The van der Waals surface area contributed by atoms with Gasteiger partial charge in [-0.2, -0.15) is 0 Å². The lowest BCUT2D eigenvalue weighted by Gasteiger charge is -2.00. The quantitative estimate of drug-likeness (QED) is 0.640. The van der Waals surface area contributed by atoms with Crippen molar-refractivity contribution in [3.63, 3.8) is 0 Å². The summed E-state index contributed by atoms with van der Waals surface area (Å²) in [6.45, 7) is 1.11. The van der Waals surface area contributed by atoms with Crippen LogP contribution in [0.3, 0.4) is 0 Å². The van der Waals surface area contributed by atoms with Gasteiger partial charge in [0.25, 0.3) is 6.43 Å². The summed E-state index contributed by atoms with van der Waals surface area (Å²) >= 11 is 0. The Hall–Kier alpha value is -1.28. The third-order valence-corrected chi connectivity index (χ3v) is 1.63. The molecule has 0 spiro atoms. The standard InChI is InChI=1S/C8H14F2N4O2/c1-15-3-2-11-5-7-13-14-8(16-7)12-4-6(9)10/h6,11H,2-5H2,1H3,(H,12,14). The predicted molar refractivity (Wildman–Crippen MR) is 52.4 cm³/mol. The molecule has 2 N–H and O–H groups in total. The highest BCUT2D eigenvalue weighted by molar-refractivity contribution is 5.16. The Morgan fingerprint density at radius 2 is 2.25 bits per heavy atom. The lowest BCUT2D eigenvalue weighted by Crippen LogP contribution is -2.18. The molecule has 1 aromatic heterocycles. The van der Waals surface area contributed by atoms with Crippen LogP contribution in [0.2, 0.25) is 0 Å². The number of halogens is 2. The van der Waals surface area contributed by atoms with Gasteiger partial charge in [-0.05, 0) is 0 Å². The Balaban J connectivity index is 2.22. The normalized spacial score (nSPS) is 11.0. The molecule has 0 aromatic carbocycles. The first-order valence-electron chi connectivity index (χ1n) is 4.76. The number of alkyl halides is 2. The maximum absolute atomic E-state index is 11.8. The van der Waals surface area contributed by atoms with Crippen LogP contribution in [0.1, 0.15) is 5.89 Å². The zero-order valence-corrected chi connectivity index (χ0v) is 8.87. The molecule has 6 nitrogen and oxygen atoms in total. The first-order chi connectivity index (χ1) is 7.72. The molecule has 0 atom stereocenters. The van der Waals surface area contributed by atoms with Crippen LogP contribution in [0.4, 0.5) is 14.8 Å². The molecule has 0 saturated carbocycles. The summed E-state index contributed by atoms with van der Waals surface area (Å²) in [4.78, 5) is 0. The number of methoxy groups -OCH3 is 1. The molecule has 0 fully saturated rings. The van der Waals surface area contributed by atoms with Crippen molar-refractivity contribution >= 4 is 6.01 Å². The average Bonchev–Trinajstić information content (AvgIpc) is 2.70. The first kappa shape index (κ1) is 12.8. The van der Waals surface area contributed by atoms with Gasteiger partial charge in [0.05, 0.1) is 19.7 Å². The van der Waals surface area contributed by atoms with Crippen LogP contribution in [0.25, 0.3) is 0 Å². The number of nitrogens with one attached hydrogen (secondary N) is 2. The summed E-state index contributed by atoms with van der Waals surface area (Å²) in [5, 5.41) is 12.5. The van der Waals surface area contributed by atoms with E-state index >= 15 is 0 Å². The zero-order chi connectivity index (χ0) is 11.8. The maximum Gasteiger partial charge on any atom is 0.315 e. The smallest absolute Gasteiger partial charge is 0.315 e. The molecular weight excluding hydrogens is 222 g/mol. The summed E-state index contributed by atoms with van der Waals surface area (Å²) < 4.78 is 33.5. The van der Waals surface area contributed by atoms with Gasteiger partial charge in [0.2, 0.25) is 5.89 Å². The molecular formula is C8H14F2N4O2. The summed E-state index contributed by atoms with van der Waals surface area (Å²) in [7, 11) is 1.60. The second-order valence-electron chi connectivity index (χ2n) is 2.94. The minimum atomic E-state index is -2.45. The number of hydrogen-bond donors (Lipinski definition) is 2. The lowest BCUT2D eigenvalue weighted by atomic mass is 10.6.